The standard InChI is InChI=1S/C47H86NO7P/c1-3-5-7-9-11-13-15-17-19-20-21-22-23-24-25-26-27-28-30-32-34-36-38-40-47(49)55-46(45-54-56(50,51)53-43-41-48)44-52-42-39-37-35-33-31-29-18-16-14-12-10-8-6-4-2/h6,8,12,14-15,17-18,20-21,29,46H,3-5,7,9-11,13,16,19,22-28,30-45,48H2,1-2H3,(H,50,51)/b8-6-,14-12-,17-15-,21-20-,29-18-. The van der Waals surface area contributed by atoms with Crippen LogP contribution in [0, 0.1) is 0 Å². The maximum absolute atomic E-state index is 12.6. The van der Waals surface area contributed by atoms with Crippen LogP contribution in [0.5, 0.6) is 0 Å². The zero-order chi connectivity index (χ0) is 40.9. The fourth-order valence-corrected chi connectivity index (χ4v) is 6.87. The van der Waals surface area contributed by atoms with Gasteiger partial charge in [-0.2, -0.15) is 0 Å². The predicted octanol–water partition coefficient (Wildman–Crippen LogP) is 13.8. The van der Waals surface area contributed by atoms with Gasteiger partial charge in [0.2, 0.25) is 0 Å². The van der Waals surface area contributed by atoms with Gasteiger partial charge in [-0.15, -0.1) is 0 Å². The second-order valence-corrected chi connectivity index (χ2v) is 16.3. The summed E-state index contributed by atoms with van der Waals surface area (Å²) in [4.78, 5) is 22.5. The van der Waals surface area contributed by atoms with E-state index in [0.717, 1.165) is 77.0 Å². The number of carbonyl (C=O) groups is 1. The molecule has 0 heterocycles. The molecular formula is C47H86NO7P. The number of hydrogen-bond donors (Lipinski definition) is 2. The van der Waals surface area contributed by atoms with Gasteiger partial charge in [-0.3, -0.25) is 13.8 Å². The molecule has 0 aliphatic carbocycles. The van der Waals surface area contributed by atoms with Crippen molar-refractivity contribution in [3.05, 3.63) is 60.8 Å². The van der Waals surface area contributed by atoms with Crippen LogP contribution < -0.4 is 5.73 Å². The zero-order valence-corrected chi connectivity index (χ0v) is 37.0. The number of esters is 1. The average Bonchev–Trinajstić information content (AvgIpc) is 3.19. The Morgan fingerprint density at radius 2 is 1.00 bits per heavy atom. The molecule has 0 aromatic carbocycles. The van der Waals surface area contributed by atoms with Gasteiger partial charge in [0.1, 0.15) is 6.10 Å². The molecule has 0 saturated heterocycles. The van der Waals surface area contributed by atoms with Gasteiger partial charge in [0.05, 0.1) is 19.8 Å². The van der Waals surface area contributed by atoms with E-state index < -0.39 is 13.9 Å². The molecule has 0 rings (SSSR count). The summed E-state index contributed by atoms with van der Waals surface area (Å²) >= 11 is 0. The van der Waals surface area contributed by atoms with E-state index in [1.165, 1.54) is 96.3 Å². The third kappa shape index (κ3) is 43.3. The van der Waals surface area contributed by atoms with Crippen molar-refractivity contribution in [3.63, 3.8) is 0 Å². The van der Waals surface area contributed by atoms with Gasteiger partial charge < -0.3 is 20.1 Å². The molecular weight excluding hydrogens is 721 g/mol. The number of ether oxygens (including phenoxy) is 2. The Hall–Kier alpha value is -1.80. The smallest absolute Gasteiger partial charge is 0.457 e. The minimum atomic E-state index is -4.29. The van der Waals surface area contributed by atoms with Crippen molar-refractivity contribution >= 4 is 13.8 Å². The predicted molar refractivity (Wildman–Crippen MR) is 238 cm³/mol. The van der Waals surface area contributed by atoms with E-state index in [0.29, 0.717) is 13.0 Å². The van der Waals surface area contributed by atoms with Crippen LogP contribution >= 0.6 is 7.82 Å². The molecule has 0 aliphatic rings. The second kappa shape index (κ2) is 44.3. The highest BCUT2D eigenvalue weighted by Gasteiger charge is 2.25. The number of nitrogens with two attached hydrogens (primary N) is 1. The second-order valence-electron chi connectivity index (χ2n) is 14.9. The molecule has 56 heavy (non-hydrogen) atoms. The first-order chi connectivity index (χ1) is 27.4. The molecule has 326 valence electrons. The molecule has 9 heteroatoms. The van der Waals surface area contributed by atoms with Crippen LogP contribution in [0.3, 0.4) is 0 Å². The number of unbranched alkanes of at least 4 members (excludes halogenated alkanes) is 20. The first-order valence-corrected chi connectivity index (χ1v) is 24.3. The van der Waals surface area contributed by atoms with Crippen LogP contribution in [0.2, 0.25) is 0 Å². The maximum Gasteiger partial charge on any atom is 0.472 e. The number of phosphoric acid groups is 1. The molecule has 3 N–H and O–H groups in total. The molecule has 0 aromatic rings. The number of hydrogen-bond acceptors (Lipinski definition) is 7. The van der Waals surface area contributed by atoms with Crippen LogP contribution in [-0.2, 0) is 27.9 Å². The monoisotopic (exact) mass is 808 g/mol. The van der Waals surface area contributed by atoms with Crippen molar-refractivity contribution in [2.75, 3.05) is 33.0 Å². The molecule has 0 bridgehead atoms. The average molecular weight is 808 g/mol. The van der Waals surface area contributed by atoms with Gasteiger partial charge in [0.15, 0.2) is 0 Å². The van der Waals surface area contributed by atoms with Crippen LogP contribution in [0.4, 0.5) is 0 Å². The quantitative estimate of drug-likeness (QED) is 0.0271. The van der Waals surface area contributed by atoms with Crippen LogP contribution in [0.25, 0.3) is 0 Å². The Labute approximate surface area is 344 Å². The molecule has 0 spiro atoms. The number of rotatable bonds is 43. The van der Waals surface area contributed by atoms with Gasteiger partial charge >= 0.3 is 13.8 Å². The van der Waals surface area contributed by atoms with Crippen molar-refractivity contribution in [2.45, 2.75) is 200 Å². The van der Waals surface area contributed by atoms with Crippen molar-refractivity contribution < 1.29 is 32.8 Å². The molecule has 8 nitrogen and oxygen atoms in total. The van der Waals surface area contributed by atoms with Gasteiger partial charge in [0.25, 0.3) is 0 Å². The van der Waals surface area contributed by atoms with E-state index >= 15 is 0 Å². The summed E-state index contributed by atoms with van der Waals surface area (Å²) in [6.07, 6.45) is 53.9. The molecule has 0 aliphatic heterocycles. The summed E-state index contributed by atoms with van der Waals surface area (Å²) in [7, 11) is -4.29. The molecule has 2 unspecified atom stereocenters. The summed E-state index contributed by atoms with van der Waals surface area (Å²) in [6.45, 7) is 4.74. The lowest BCUT2D eigenvalue weighted by molar-refractivity contribution is -0.154. The van der Waals surface area contributed by atoms with Gasteiger partial charge in [-0.1, -0.05) is 171 Å². The SMILES string of the molecule is CC/C=C\C/C=C\C/C=C\CCCCCCOCC(COP(=O)(O)OCCN)OC(=O)CCCCCCCCCCCCC/C=C\C/C=C\CCCCCCC. The Balaban J connectivity index is 4.00. The largest absolute Gasteiger partial charge is 0.472 e. The molecule has 2 atom stereocenters. The molecule has 0 saturated carbocycles. The minimum absolute atomic E-state index is 0.0938. The number of allylic oxidation sites excluding steroid dienone is 10. The topological polar surface area (TPSA) is 117 Å². The van der Waals surface area contributed by atoms with Crippen LogP contribution in [0.1, 0.15) is 194 Å². The normalized spacial score (nSPS) is 14.0. The van der Waals surface area contributed by atoms with Gasteiger partial charge in [-0.05, 0) is 77.0 Å². The van der Waals surface area contributed by atoms with Crippen molar-refractivity contribution in [2.24, 2.45) is 5.73 Å². The molecule has 0 radical (unpaired) electrons. The third-order valence-electron chi connectivity index (χ3n) is 9.42. The van der Waals surface area contributed by atoms with Crippen LogP contribution in [-0.4, -0.2) is 49.9 Å². The highest BCUT2D eigenvalue weighted by molar-refractivity contribution is 7.47. The Morgan fingerprint density at radius 1 is 0.554 bits per heavy atom. The number of phosphoric ester groups is 1. The Kier molecular flexibility index (Phi) is 42.9. The summed E-state index contributed by atoms with van der Waals surface area (Å²) in [5, 5.41) is 0. The summed E-state index contributed by atoms with van der Waals surface area (Å²) < 4.78 is 33.4. The van der Waals surface area contributed by atoms with E-state index in [-0.39, 0.29) is 32.3 Å². The fourth-order valence-electron chi connectivity index (χ4n) is 6.10. The molecule has 0 aromatic heterocycles. The Morgan fingerprint density at radius 3 is 1.50 bits per heavy atom. The maximum atomic E-state index is 12.6. The van der Waals surface area contributed by atoms with E-state index in [4.69, 9.17) is 24.3 Å². The lowest BCUT2D eigenvalue weighted by Crippen LogP contribution is -2.28. The van der Waals surface area contributed by atoms with E-state index in [1.807, 2.05) is 0 Å². The van der Waals surface area contributed by atoms with Crippen LogP contribution in [0.15, 0.2) is 60.8 Å². The molecule has 0 fully saturated rings. The van der Waals surface area contributed by atoms with Crippen molar-refractivity contribution in [1.29, 1.82) is 0 Å². The lowest BCUT2D eigenvalue weighted by Gasteiger charge is -2.20. The zero-order valence-electron chi connectivity index (χ0n) is 36.1. The van der Waals surface area contributed by atoms with E-state index in [9.17, 15) is 14.3 Å². The Bertz CT molecular complexity index is 1040. The summed E-state index contributed by atoms with van der Waals surface area (Å²) in [5.41, 5.74) is 5.37. The summed E-state index contributed by atoms with van der Waals surface area (Å²) in [6, 6.07) is 0. The van der Waals surface area contributed by atoms with Gasteiger partial charge in [0, 0.05) is 19.6 Å². The van der Waals surface area contributed by atoms with Crippen molar-refractivity contribution in [3.8, 4) is 0 Å². The first kappa shape index (κ1) is 54.2. The number of carbonyl (C=O) groups excluding carboxylic acids is 1. The summed E-state index contributed by atoms with van der Waals surface area (Å²) in [5.74, 6) is -0.342. The third-order valence-corrected chi connectivity index (χ3v) is 10.4. The van der Waals surface area contributed by atoms with E-state index in [1.54, 1.807) is 0 Å². The first-order valence-electron chi connectivity index (χ1n) is 22.8. The minimum Gasteiger partial charge on any atom is -0.457 e. The van der Waals surface area contributed by atoms with E-state index in [2.05, 4.69) is 74.6 Å². The fraction of sp³-hybridized carbons (Fsp3) is 0.766. The van der Waals surface area contributed by atoms with Gasteiger partial charge in [-0.25, -0.2) is 4.57 Å². The van der Waals surface area contributed by atoms with Crippen molar-refractivity contribution in [1.82, 2.24) is 0 Å². The highest BCUT2D eigenvalue weighted by atomic mass is 31.2. The highest BCUT2D eigenvalue weighted by Crippen LogP contribution is 2.43. The lowest BCUT2D eigenvalue weighted by atomic mass is 10.0. The molecule has 0 amide bonds.